The average Bonchev–Trinajstić information content (AvgIpc) is 2.46. The van der Waals surface area contributed by atoms with Crippen LogP contribution in [0.1, 0.15) is 13.8 Å². The second-order valence-corrected chi connectivity index (χ2v) is 5.34. The Morgan fingerprint density at radius 2 is 2.24 bits per heavy atom. The second kappa shape index (κ2) is 6.47. The first-order chi connectivity index (χ1) is 10.0. The number of ether oxygens (including phenoxy) is 1. The molecule has 0 spiro atoms. The molecule has 21 heavy (non-hydrogen) atoms. The molecule has 1 aromatic rings. The zero-order valence-electron chi connectivity index (χ0n) is 12.6. The van der Waals surface area contributed by atoms with Gasteiger partial charge in [0.15, 0.2) is 0 Å². The van der Waals surface area contributed by atoms with E-state index in [4.69, 9.17) is 4.74 Å². The van der Waals surface area contributed by atoms with Crippen LogP contribution in [-0.4, -0.2) is 43.1 Å². The van der Waals surface area contributed by atoms with Crippen LogP contribution in [0.25, 0.3) is 0 Å². The first-order valence-corrected chi connectivity index (χ1v) is 7.02. The zero-order valence-corrected chi connectivity index (χ0v) is 12.6. The van der Waals surface area contributed by atoms with Gasteiger partial charge < -0.3 is 20.3 Å². The lowest BCUT2D eigenvalue weighted by Gasteiger charge is -2.37. The molecule has 6 nitrogen and oxygen atoms in total. The predicted octanol–water partition coefficient (Wildman–Crippen LogP) is 1.68. The molecule has 0 radical (unpaired) electrons. The van der Waals surface area contributed by atoms with Crippen LogP contribution in [0.3, 0.4) is 0 Å². The number of carbonyl (C=O) groups excluding carboxylic acids is 2. The number of benzene rings is 1. The molecule has 0 bridgehead atoms. The largest absolute Gasteiger partial charge is 0.497 e. The number of hydrogen-bond acceptors (Lipinski definition) is 3. The van der Waals surface area contributed by atoms with Gasteiger partial charge in [0.25, 0.3) is 0 Å². The average molecular weight is 291 g/mol. The molecule has 0 unspecified atom stereocenters. The van der Waals surface area contributed by atoms with Crippen LogP contribution in [0.5, 0.6) is 5.75 Å². The Morgan fingerprint density at radius 1 is 1.48 bits per heavy atom. The molecule has 0 saturated carbocycles. The highest BCUT2D eigenvalue weighted by Crippen LogP contribution is 2.19. The van der Waals surface area contributed by atoms with Crippen LogP contribution >= 0.6 is 0 Å². The Kier molecular flexibility index (Phi) is 4.67. The Hall–Kier alpha value is -2.24. The smallest absolute Gasteiger partial charge is 0.322 e. The molecule has 1 aromatic carbocycles. The SMILES string of the molecule is COc1cccc(NC(=O)N2CCNC(=O)[C@@H]2C(C)C)c1. The highest BCUT2D eigenvalue weighted by atomic mass is 16.5. The number of methoxy groups -OCH3 is 1. The summed E-state index contributed by atoms with van der Waals surface area (Å²) in [7, 11) is 1.57. The Morgan fingerprint density at radius 3 is 2.90 bits per heavy atom. The third-order valence-corrected chi connectivity index (χ3v) is 3.47. The van der Waals surface area contributed by atoms with E-state index in [0.29, 0.717) is 24.5 Å². The molecule has 1 aliphatic heterocycles. The van der Waals surface area contributed by atoms with Crippen molar-refractivity contribution in [2.75, 3.05) is 25.5 Å². The minimum Gasteiger partial charge on any atom is -0.497 e. The summed E-state index contributed by atoms with van der Waals surface area (Å²) in [6.45, 7) is 4.85. The third kappa shape index (κ3) is 3.45. The summed E-state index contributed by atoms with van der Waals surface area (Å²) in [5, 5.41) is 5.62. The van der Waals surface area contributed by atoms with Gasteiger partial charge in [-0.1, -0.05) is 19.9 Å². The molecule has 2 N–H and O–H groups in total. The first kappa shape index (κ1) is 15.2. The number of amides is 3. The monoisotopic (exact) mass is 291 g/mol. The molecule has 2 rings (SSSR count). The lowest BCUT2D eigenvalue weighted by molar-refractivity contribution is -0.129. The number of rotatable bonds is 3. The summed E-state index contributed by atoms with van der Waals surface area (Å²) in [6, 6.07) is 6.43. The van der Waals surface area contributed by atoms with E-state index in [1.165, 1.54) is 0 Å². The van der Waals surface area contributed by atoms with E-state index in [1.807, 2.05) is 13.8 Å². The van der Waals surface area contributed by atoms with Gasteiger partial charge in [0.05, 0.1) is 7.11 Å². The fraction of sp³-hybridized carbons (Fsp3) is 0.467. The van der Waals surface area contributed by atoms with Gasteiger partial charge in [-0.05, 0) is 18.1 Å². The van der Waals surface area contributed by atoms with E-state index >= 15 is 0 Å². The molecule has 0 aliphatic carbocycles. The van der Waals surface area contributed by atoms with Crippen LogP contribution in [0, 0.1) is 5.92 Å². The zero-order chi connectivity index (χ0) is 15.4. The maximum Gasteiger partial charge on any atom is 0.322 e. The van der Waals surface area contributed by atoms with E-state index in [1.54, 1.807) is 36.3 Å². The normalized spacial score (nSPS) is 18.4. The molecule has 1 fully saturated rings. The van der Waals surface area contributed by atoms with Gasteiger partial charge >= 0.3 is 6.03 Å². The van der Waals surface area contributed by atoms with Crippen LogP contribution < -0.4 is 15.4 Å². The molecule has 1 aliphatic rings. The molecule has 3 amide bonds. The molecule has 6 heteroatoms. The number of nitrogens with zero attached hydrogens (tertiary/aromatic N) is 1. The molecule has 0 aromatic heterocycles. The molecule has 1 heterocycles. The van der Waals surface area contributed by atoms with Crippen molar-refractivity contribution in [2.45, 2.75) is 19.9 Å². The lowest BCUT2D eigenvalue weighted by Crippen LogP contribution is -2.60. The van der Waals surface area contributed by atoms with Gasteiger partial charge in [-0.2, -0.15) is 0 Å². The number of piperazine rings is 1. The summed E-state index contributed by atoms with van der Waals surface area (Å²) in [5.41, 5.74) is 0.646. The topological polar surface area (TPSA) is 70.7 Å². The standard InChI is InChI=1S/C15H21N3O3/c1-10(2)13-14(19)16-7-8-18(13)15(20)17-11-5-4-6-12(9-11)21-3/h4-6,9-10,13H,7-8H2,1-3H3,(H,16,19)(H,17,20)/t13-/m0/s1. The van der Waals surface area contributed by atoms with Crippen molar-refractivity contribution >= 4 is 17.6 Å². The number of nitrogens with one attached hydrogen (secondary N) is 2. The Bertz CT molecular complexity index is 531. The number of anilines is 1. The van der Waals surface area contributed by atoms with Crippen molar-refractivity contribution in [3.05, 3.63) is 24.3 Å². The van der Waals surface area contributed by atoms with Gasteiger partial charge in [0.2, 0.25) is 5.91 Å². The molecular formula is C15H21N3O3. The molecule has 114 valence electrons. The number of hydrogen-bond donors (Lipinski definition) is 2. The summed E-state index contributed by atoms with van der Waals surface area (Å²) in [5.74, 6) is 0.628. The first-order valence-electron chi connectivity index (χ1n) is 7.02. The highest BCUT2D eigenvalue weighted by Gasteiger charge is 2.35. The van der Waals surface area contributed by atoms with Gasteiger partial charge in [0, 0.05) is 24.8 Å². The maximum absolute atomic E-state index is 12.4. The summed E-state index contributed by atoms with van der Waals surface area (Å²) in [6.07, 6.45) is 0. The van der Waals surface area contributed by atoms with Crippen LogP contribution in [0.2, 0.25) is 0 Å². The molecular weight excluding hydrogens is 270 g/mol. The minimum absolute atomic E-state index is 0.0568. The van der Waals surface area contributed by atoms with Crippen molar-refractivity contribution in [1.82, 2.24) is 10.2 Å². The van der Waals surface area contributed by atoms with Crippen LogP contribution in [0.15, 0.2) is 24.3 Å². The van der Waals surface area contributed by atoms with Gasteiger partial charge in [-0.15, -0.1) is 0 Å². The Balaban J connectivity index is 2.12. The van der Waals surface area contributed by atoms with Gasteiger partial charge in [-0.25, -0.2) is 4.79 Å². The van der Waals surface area contributed by atoms with Crippen molar-refractivity contribution < 1.29 is 14.3 Å². The quantitative estimate of drug-likeness (QED) is 0.890. The van der Waals surface area contributed by atoms with Crippen molar-refractivity contribution in [2.24, 2.45) is 5.92 Å². The highest BCUT2D eigenvalue weighted by molar-refractivity contribution is 5.94. The number of urea groups is 1. The fourth-order valence-corrected chi connectivity index (χ4v) is 2.47. The Labute approximate surface area is 124 Å². The second-order valence-electron chi connectivity index (χ2n) is 5.34. The van der Waals surface area contributed by atoms with Gasteiger partial charge in [-0.3, -0.25) is 4.79 Å². The summed E-state index contributed by atoms with van der Waals surface area (Å²) >= 11 is 0. The minimum atomic E-state index is -0.440. The predicted molar refractivity (Wildman–Crippen MR) is 80.4 cm³/mol. The molecule has 1 atom stereocenters. The summed E-state index contributed by atoms with van der Waals surface area (Å²) < 4.78 is 5.13. The van der Waals surface area contributed by atoms with Crippen molar-refractivity contribution in [3.8, 4) is 5.75 Å². The summed E-state index contributed by atoms with van der Waals surface area (Å²) in [4.78, 5) is 26.0. The van der Waals surface area contributed by atoms with Crippen molar-refractivity contribution in [1.29, 1.82) is 0 Å². The van der Waals surface area contributed by atoms with Crippen molar-refractivity contribution in [3.63, 3.8) is 0 Å². The van der Waals surface area contributed by atoms with Crippen LogP contribution in [0.4, 0.5) is 10.5 Å². The van der Waals surface area contributed by atoms with E-state index in [-0.39, 0.29) is 17.9 Å². The molecule has 1 saturated heterocycles. The van der Waals surface area contributed by atoms with E-state index < -0.39 is 6.04 Å². The third-order valence-electron chi connectivity index (χ3n) is 3.47. The fourth-order valence-electron chi connectivity index (χ4n) is 2.47. The van der Waals surface area contributed by atoms with E-state index in [0.717, 1.165) is 0 Å². The van der Waals surface area contributed by atoms with Crippen LogP contribution in [-0.2, 0) is 4.79 Å². The van der Waals surface area contributed by atoms with Gasteiger partial charge in [0.1, 0.15) is 11.8 Å². The lowest BCUT2D eigenvalue weighted by atomic mass is 10.00. The van der Waals surface area contributed by atoms with E-state index in [9.17, 15) is 9.59 Å². The van der Waals surface area contributed by atoms with E-state index in [2.05, 4.69) is 10.6 Å². The number of carbonyl (C=O) groups is 2. The maximum atomic E-state index is 12.4.